The molecule has 8 nitrogen and oxygen atoms in total. The highest BCUT2D eigenvalue weighted by atomic mass is 16.6. The maximum atomic E-state index is 11.7. The van der Waals surface area contributed by atoms with Gasteiger partial charge in [-0.1, -0.05) is 12.1 Å². The molecule has 0 saturated heterocycles. The number of nitro groups is 1. The number of carbonyl (C=O) groups is 1. The molecule has 3 rings (SSSR count). The standard InChI is InChI=1S/C17H19N3O5/c1-24-14-5-3-4-12-15(13(20(22)23)9-18-16(12)14)19-11-7-6-10(8-11)17(21)25-2/h3-5,9-11H,6-8H2,1-2H3,(H,18,19)/t10-,11+/m1/s1. The molecule has 1 aliphatic carbocycles. The molecule has 0 spiro atoms. The first kappa shape index (κ1) is 16.9. The van der Waals surface area contributed by atoms with Crippen molar-refractivity contribution in [2.24, 2.45) is 5.92 Å². The van der Waals surface area contributed by atoms with E-state index in [2.05, 4.69) is 10.3 Å². The first-order valence-corrected chi connectivity index (χ1v) is 7.99. The van der Waals surface area contributed by atoms with Gasteiger partial charge in [0.25, 0.3) is 0 Å². The van der Waals surface area contributed by atoms with Crippen LogP contribution < -0.4 is 10.1 Å². The Kier molecular flexibility index (Phi) is 4.69. The predicted octanol–water partition coefficient (Wildman–Crippen LogP) is 2.91. The topological polar surface area (TPSA) is 104 Å². The van der Waals surface area contributed by atoms with E-state index >= 15 is 0 Å². The van der Waals surface area contributed by atoms with Gasteiger partial charge in [-0.05, 0) is 25.3 Å². The number of aromatic nitrogens is 1. The lowest BCUT2D eigenvalue weighted by molar-refractivity contribution is -0.384. The second-order valence-corrected chi connectivity index (χ2v) is 6.01. The molecule has 1 saturated carbocycles. The fourth-order valence-electron chi connectivity index (χ4n) is 3.34. The number of benzene rings is 1. The first-order valence-electron chi connectivity index (χ1n) is 7.99. The van der Waals surface area contributed by atoms with Gasteiger partial charge in [-0.15, -0.1) is 0 Å². The number of hydrogen-bond acceptors (Lipinski definition) is 7. The van der Waals surface area contributed by atoms with Gasteiger partial charge >= 0.3 is 11.7 Å². The number of ether oxygens (including phenoxy) is 2. The monoisotopic (exact) mass is 345 g/mol. The number of methoxy groups -OCH3 is 2. The van der Waals surface area contributed by atoms with Crippen LogP contribution in [0.3, 0.4) is 0 Å². The first-order chi connectivity index (χ1) is 12.0. The minimum atomic E-state index is -0.457. The third-order valence-electron chi connectivity index (χ3n) is 4.57. The Balaban J connectivity index is 1.98. The van der Waals surface area contributed by atoms with Crippen LogP contribution in [0.4, 0.5) is 11.4 Å². The van der Waals surface area contributed by atoms with Gasteiger partial charge in [0.15, 0.2) is 0 Å². The molecular weight excluding hydrogens is 326 g/mol. The predicted molar refractivity (Wildman–Crippen MR) is 91.7 cm³/mol. The lowest BCUT2D eigenvalue weighted by Gasteiger charge is -2.16. The number of nitrogens with one attached hydrogen (secondary N) is 1. The fourth-order valence-corrected chi connectivity index (χ4v) is 3.34. The zero-order valence-corrected chi connectivity index (χ0v) is 14.0. The van der Waals surface area contributed by atoms with Crippen molar-refractivity contribution >= 4 is 28.2 Å². The van der Waals surface area contributed by atoms with E-state index in [1.54, 1.807) is 18.2 Å². The number of anilines is 1. The highest BCUT2D eigenvalue weighted by Gasteiger charge is 2.32. The van der Waals surface area contributed by atoms with Gasteiger partial charge in [-0.3, -0.25) is 14.9 Å². The van der Waals surface area contributed by atoms with E-state index in [9.17, 15) is 14.9 Å². The van der Waals surface area contributed by atoms with Crippen LogP contribution in [0.5, 0.6) is 5.75 Å². The molecule has 0 bridgehead atoms. The maximum Gasteiger partial charge on any atom is 0.311 e. The number of esters is 1. The normalized spacial score (nSPS) is 19.6. The van der Waals surface area contributed by atoms with Crippen LogP contribution in [0.15, 0.2) is 24.4 Å². The summed E-state index contributed by atoms with van der Waals surface area (Å²) in [5.74, 6) is 0.138. The van der Waals surface area contributed by atoms with Crippen molar-refractivity contribution in [2.75, 3.05) is 19.5 Å². The number of carbonyl (C=O) groups excluding carboxylic acids is 1. The molecule has 0 unspecified atom stereocenters. The number of fused-ring (bicyclic) bond motifs is 1. The van der Waals surface area contributed by atoms with Crippen molar-refractivity contribution < 1.29 is 19.2 Å². The van der Waals surface area contributed by atoms with Crippen LogP contribution in [0.25, 0.3) is 10.9 Å². The number of rotatable bonds is 5. The minimum absolute atomic E-state index is 0.0420. The van der Waals surface area contributed by atoms with Crippen molar-refractivity contribution in [2.45, 2.75) is 25.3 Å². The summed E-state index contributed by atoms with van der Waals surface area (Å²) in [4.78, 5) is 26.9. The van der Waals surface area contributed by atoms with E-state index in [0.29, 0.717) is 35.2 Å². The summed E-state index contributed by atoms with van der Waals surface area (Å²) in [5.41, 5.74) is 0.868. The number of hydrogen-bond donors (Lipinski definition) is 1. The summed E-state index contributed by atoms with van der Waals surface area (Å²) in [5, 5.41) is 15.3. The zero-order valence-electron chi connectivity index (χ0n) is 14.0. The molecule has 0 amide bonds. The maximum absolute atomic E-state index is 11.7. The zero-order chi connectivity index (χ0) is 18.0. The number of pyridine rings is 1. The van der Waals surface area contributed by atoms with Crippen LogP contribution in [-0.2, 0) is 9.53 Å². The van der Waals surface area contributed by atoms with Crippen LogP contribution in [0, 0.1) is 16.0 Å². The summed E-state index contributed by atoms with van der Waals surface area (Å²) in [6.07, 6.45) is 3.26. The van der Waals surface area contributed by atoms with Crippen molar-refractivity contribution in [1.29, 1.82) is 0 Å². The Labute approximate surface area is 144 Å². The van der Waals surface area contributed by atoms with Crippen molar-refractivity contribution in [1.82, 2.24) is 4.98 Å². The van der Waals surface area contributed by atoms with Crippen LogP contribution in [0.1, 0.15) is 19.3 Å². The van der Waals surface area contributed by atoms with E-state index in [0.717, 1.165) is 6.42 Å². The molecule has 132 valence electrons. The molecule has 25 heavy (non-hydrogen) atoms. The summed E-state index contributed by atoms with van der Waals surface area (Å²) < 4.78 is 10.1. The molecule has 0 radical (unpaired) electrons. The third-order valence-corrected chi connectivity index (χ3v) is 4.57. The average molecular weight is 345 g/mol. The lowest BCUT2D eigenvalue weighted by atomic mass is 10.1. The number of para-hydroxylation sites is 1. The number of nitrogens with zero attached hydrogens (tertiary/aromatic N) is 2. The van der Waals surface area contributed by atoms with E-state index in [1.165, 1.54) is 20.4 Å². The molecule has 2 atom stereocenters. The van der Waals surface area contributed by atoms with Gasteiger partial charge in [0.1, 0.15) is 23.2 Å². The van der Waals surface area contributed by atoms with Gasteiger partial charge < -0.3 is 14.8 Å². The molecular formula is C17H19N3O5. The Morgan fingerprint density at radius 1 is 1.36 bits per heavy atom. The van der Waals surface area contributed by atoms with E-state index in [4.69, 9.17) is 9.47 Å². The molecule has 1 fully saturated rings. The lowest BCUT2D eigenvalue weighted by Crippen LogP contribution is -2.19. The highest BCUT2D eigenvalue weighted by molar-refractivity contribution is 5.98. The molecule has 2 aromatic rings. The Morgan fingerprint density at radius 2 is 2.16 bits per heavy atom. The molecule has 0 aliphatic heterocycles. The van der Waals surface area contributed by atoms with E-state index < -0.39 is 4.92 Å². The summed E-state index contributed by atoms with van der Waals surface area (Å²) >= 11 is 0. The highest BCUT2D eigenvalue weighted by Crippen LogP contribution is 2.38. The fraction of sp³-hybridized carbons (Fsp3) is 0.412. The minimum Gasteiger partial charge on any atom is -0.494 e. The van der Waals surface area contributed by atoms with Crippen LogP contribution in [0.2, 0.25) is 0 Å². The smallest absolute Gasteiger partial charge is 0.311 e. The van der Waals surface area contributed by atoms with Crippen LogP contribution in [-0.4, -0.2) is 36.1 Å². The SMILES string of the molecule is COC(=O)[C@@H]1CC[C@H](Nc2c([N+](=O)[O-])cnc3c(OC)cccc23)C1. The second-order valence-electron chi connectivity index (χ2n) is 6.01. The average Bonchev–Trinajstić information content (AvgIpc) is 3.09. The molecule has 1 heterocycles. The molecule has 1 aromatic carbocycles. The van der Waals surface area contributed by atoms with Crippen molar-refractivity contribution in [3.8, 4) is 5.75 Å². The molecule has 1 N–H and O–H groups in total. The van der Waals surface area contributed by atoms with Gasteiger partial charge in [-0.25, -0.2) is 4.98 Å². The van der Waals surface area contributed by atoms with Gasteiger partial charge in [-0.2, -0.15) is 0 Å². The summed E-state index contributed by atoms with van der Waals surface area (Å²) in [6, 6.07) is 5.25. The van der Waals surface area contributed by atoms with Gasteiger partial charge in [0.05, 0.1) is 25.1 Å². The van der Waals surface area contributed by atoms with Crippen LogP contribution >= 0.6 is 0 Å². The Morgan fingerprint density at radius 3 is 2.84 bits per heavy atom. The molecule has 1 aromatic heterocycles. The van der Waals surface area contributed by atoms with E-state index in [-0.39, 0.29) is 23.6 Å². The van der Waals surface area contributed by atoms with Crippen molar-refractivity contribution in [3.63, 3.8) is 0 Å². The third kappa shape index (κ3) is 3.19. The second kappa shape index (κ2) is 6.92. The molecule has 8 heteroatoms. The summed E-state index contributed by atoms with van der Waals surface area (Å²) in [7, 11) is 2.90. The van der Waals surface area contributed by atoms with Crippen molar-refractivity contribution in [3.05, 3.63) is 34.5 Å². The largest absolute Gasteiger partial charge is 0.494 e. The van der Waals surface area contributed by atoms with Gasteiger partial charge in [0.2, 0.25) is 0 Å². The van der Waals surface area contributed by atoms with Gasteiger partial charge in [0, 0.05) is 11.4 Å². The summed E-state index contributed by atoms with van der Waals surface area (Å²) in [6.45, 7) is 0. The quantitative estimate of drug-likeness (QED) is 0.505. The Hall–Kier alpha value is -2.90. The molecule has 1 aliphatic rings. The Bertz CT molecular complexity index is 823. The van der Waals surface area contributed by atoms with E-state index in [1.807, 2.05) is 0 Å².